The second-order valence-electron chi connectivity index (χ2n) is 6.43. The van der Waals surface area contributed by atoms with Gasteiger partial charge in [-0.15, -0.1) is 0 Å². The number of methoxy groups -OCH3 is 1. The van der Waals surface area contributed by atoms with E-state index in [2.05, 4.69) is 40.4 Å². The Kier molecular flexibility index (Phi) is 6.90. The highest BCUT2D eigenvalue weighted by Crippen LogP contribution is 2.28. The van der Waals surface area contributed by atoms with Crippen molar-refractivity contribution in [2.45, 2.75) is 51.6 Å². The van der Waals surface area contributed by atoms with Crippen LogP contribution in [-0.4, -0.2) is 25.6 Å². The molecule has 0 saturated heterocycles. The van der Waals surface area contributed by atoms with Gasteiger partial charge in [0.05, 0.1) is 18.1 Å². The summed E-state index contributed by atoms with van der Waals surface area (Å²) in [5, 5.41) is 6.47. The smallest absolute Gasteiger partial charge is 0.234 e. The zero-order valence-electron chi connectivity index (χ0n) is 14.2. The highest BCUT2D eigenvalue weighted by atomic mass is 79.9. The second-order valence-corrected chi connectivity index (χ2v) is 7.29. The fraction of sp³-hybridized carbons (Fsp3) is 0.611. The molecule has 2 N–H and O–H groups in total. The maximum absolute atomic E-state index is 12.2. The summed E-state index contributed by atoms with van der Waals surface area (Å²) in [5.41, 5.74) is 1.12. The van der Waals surface area contributed by atoms with Crippen molar-refractivity contribution in [1.82, 2.24) is 10.6 Å². The number of benzene rings is 1. The molecule has 5 heteroatoms. The first kappa shape index (κ1) is 18.3. The monoisotopic (exact) mass is 382 g/mol. The lowest BCUT2D eigenvalue weighted by atomic mass is 9.86. The van der Waals surface area contributed by atoms with Crippen LogP contribution in [0.3, 0.4) is 0 Å². The minimum atomic E-state index is 0.0863. The van der Waals surface area contributed by atoms with E-state index in [1.807, 2.05) is 18.2 Å². The van der Waals surface area contributed by atoms with E-state index >= 15 is 0 Å². The first-order valence-corrected chi connectivity index (χ1v) is 9.16. The van der Waals surface area contributed by atoms with E-state index < -0.39 is 0 Å². The molecule has 0 bridgehead atoms. The lowest BCUT2D eigenvalue weighted by molar-refractivity contribution is -0.121. The van der Waals surface area contributed by atoms with E-state index in [1.54, 1.807) is 7.11 Å². The molecule has 1 aromatic carbocycles. The number of nitrogens with one attached hydrogen (secondary N) is 2. The van der Waals surface area contributed by atoms with Gasteiger partial charge in [-0.25, -0.2) is 0 Å². The average molecular weight is 383 g/mol. The van der Waals surface area contributed by atoms with E-state index in [9.17, 15) is 4.79 Å². The molecule has 1 aliphatic rings. The topological polar surface area (TPSA) is 50.4 Å². The fourth-order valence-corrected chi connectivity index (χ4v) is 3.66. The van der Waals surface area contributed by atoms with Crippen molar-refractivity contribution >= 4 is 21.8 Å². The summed E-state index contributed by atoms with van der Waals surface area (Å²) in [6, 6.07) is 6.41. The van der Waals surface area contributed by atoms with Gasteiger partial charge < -0.3 is 15.4 Å². The van der Waals surface area contributed by atoms with Gasteiger partial charge in [-0.2, -0.15) is 0 Å². The number of rotatable bonds is 6. The Labute approximate surface area is 147 Å². The summed E-state index contributed by atoms with van der Waals surface area (Å²) in [6.45, 7) is 4.63. The molecule has 0 radical (unpaired) electrons. The Hall–Kier alpha value is -1.07. The molecule has 4 nitrogen and oxygen atoms in total. The zero-order chi connectivity index (χ0) is 16.8. The summed E-state index contributed by atoms with van der Waals surface area (Å²) in [6.07, 6.45) is 4.83. The van der Waals surface area contributed by atoms with Crippen molar-refractivity contribution in [2.75, 3.05) is 13.7 Å². The van der Waals surface area contributed by atoms with Crippen molar-refractivity contribution in [2.24, 2.45) is 5.92 Å². The minimum absolute atomic E-state index is 0.0863. The lowest BCUT2D eigenvalue weighted by Crippen LogP contribution is -2.45. The van der Waals surface area contributed by atoms with Crippen molar-refractivity contribution in [3.8, 4) is 5.75 Å². The highest BCUT2D eigenvalue weighted by Gasteiger charge is 2.22. The van der Waals surface area contributed by atoms with Crippen LogP contribution in [0.5, 0.6) is 5.75 Å². The largest absolute Gasteiger partial charge is 0.496 e. The predicted octanol–water partition coefficient (Wildman–Crippen LogP) is 3.80. The van der Waals surface area contributed by atoms with Gasteiger partial charge in [0.1, 0.15) is 5.75 Å². The average Bonchev–Trinajstić information content (AvgIpc) is 2.54. The van der Waals surface area contributed by atoms with Crippen LogP contribution in [0.25, 0.3) is 0 Å². The molecule has 1 aliphatic carbocycles. The van der Waals surface area contributed by atoms with Crippen LogP contribution < -0.4 is 15.4 Å². The summed E-state index contributed by atoms with van der Waals surface area (Å²) in [7, 11) is 1.65. The summed E-state index contributed by atoms with van der Waals surface area (Å²) in [4.78, 5) is 12.2. The molecule has 0 aliphatic heterocycles. The van der Waals surface area contributed by atoms with E-state index in [-0.39, 0.29) is 11.9 Å². The molecule has 1 amide bonds. The molecule has 0 unspecified atom stereocenters. The Balaban J connectivity index is 1.82. The third-order valence-electron chi connectivity index (χ3n) is 4.70. The van der Waals surface area contributed by atoms with E-state index in [0.29, 0.717) is 18.5 Å². The molecule has 3 atom stereocenters. The predicted molar refractivity (Wildman–Crippen MR) is 96.7 cm³/mol. The molecule has 0 aromatic heterocycles. The van der Waals surface area contributed by atoms with E-state index in [1.165, 1.54) is 19.3 Å². The van der Waals surface area contributed by atoms with Gasteiger partial charge in [0, 0.05) is 12.1 Å². The summed E-state index contributed by atoms with van der Waals surface area (Å²) < 4.78 is 6.16. The Bertz CT molecular complexity index is 536. The Morgan fingerprint density at radius 1 is 1.39 bits per heavy atom. The molecule has 0 spiro atoms. The van der Waals surface area contributed by atoms with Gasteiger partial charge in [-0.1, -0.05) is 25.8 Å². The number of carbonyl (C=O) groups excluding carboxylic acids is 1. The SMILES string of the molecule is COc1ccc([C@H](C)NCC(=O)N[C@H]2CCCC[C@H]2C)cc1Br. The van der Waals surface area contributed by atoms with Crippen molar-refractivity contribution in [3.05, 3.63) is 28.2 Å². The van der Waals surface area contributed by atoms with Crippen LogP contribution in [0.1, 0.15) is 51.1 Å². The molecule has 128 valence electrons. The van der Waals surface area contributed by atoms with Crippen LogP contribution in [0.15, 0.2) is 22.7 Å². The second kappa shape index (κ2) is 8.69. The lowest BCUT2D eigenvalue weighted by Gasteiger charge is -2.29. The van der Waals surface area contributed by atoms with E-state index in [4.69, 9.17) is 4.74 Å². The van der Waals surface area contributed by atoms with Crippen LogP contribution >= 0.6 is 15.9 Å². The number of halogens is 1. The quantitative estimate of drug-likeness (QED) is 0.786. The maximum Gasteiger partial charge on any atom is 0.234 e. The van der Waals surface area contributed by atoms with Crippen molar-refractivity contribution in [3.63, 3.8) is 0 Å². The molecule has 1 aromatic rings. The molecule has 1 fully saturated rings. The van der Waals surface area contributed by atoms with Crippen LogP contribution in [0.4, 0.5) is 0 Å². The first-order valence-electron chi connectivity index (χ1n) is 8.37. The number of ether oxygens (including phenoxy) is 1. The zero-order valence-corrected chi connectivity index (χ0v) is 15.8. The van der Waals surface area contributed by atoms with Crippen LogP contribution in [0, 0.1) is 5.92 Å². The van der Waals surface area contributed by atoms with Gasteiger partial charge in [0.25, 0.3) is 0 Å². The molecule has 23 heavy (non-hydrogen) atoms. The van der Waals surface area contributed by atoms with Gasteiger partial charge in [-0.05, 0) is 59.3 Å². The third-order valence-corrected chi connectivity index (χ3v) is 5.32. The van der Waals surface area contributed by atoms with Gasteiger partial charge in [0.2, 0.25) is 5.91 Å². The Morgan fingerprint density at radius 3 is 2.78 bits per heavy atom. The molecule has 1 saturated carbocycles. The maximum atomic E-state index is 12.2. The van der Waals surface area contributed by atoms with E-state index in [0.717, 1.165) is 22.2 Å². The van der Waals surface area contributed by atoms with Crippen molar-refractivity contribution in [1.29, 1.82) is 0 Å². The molecule has 2 rings (SSSR count). The summed E-state index contributed by atoms with van der Waals surface area (Å²) in [5.74, 6) is 1.48. The van der Waals surface area contributed by atoms with Crippen LogP contribution in [-0.2, 0) is 4.79 Å². The summed E-state index contributed by atoms with van der Waals surface area (Å²) >= 11 is 3.50. The number of hydrogen-bond acceptors (Lipinski definition) is 3. The Morgan fingerprint density at radius 2 is 2.13 bits per heavy atom. The highest BCUT2D eigenvalue weighted by molar-refractivity contribution is 9.10. The van der Waals surface area contributed by atoms with Crippen molar-refractivity contribution < 1.29 is 9.53 Å². The fourth-order valence-electron chi connectivity index (χ4n) is 3.10. The van der Waals surface area contributed by atoms with Gasteiger partial charge >= 0.3 is 0 Å². The van der Waals surface area contributed by atoms with Gasteiger partial charge in [-0.3, -0.25) is 4.79 Å². The molecular weight excluding hydrogens is 356 g/mol. The number of hydrogen-bond donors (Lipinski definition) is 2. The standard InChI is InChI=1S/C18H27BrN2O2/c1-12-6-4-5-7-16(12)21-18(22)11-20-13(2)14-8-9-17(23-3)15(19)10-14/h8-10,12-13,16,20H,4-7,11H2,1-3H3,(H,21,22)/t12-,13+,16+/m1/s1. The third kappa shape index (κ3) is 5.21. The minimum Gasteiger partial charge on any atom is -0.496 e. The van der Waals surface area contributed by atoms with Gasteiger partial charge in [0.15, 0.2) is 0 Å². The molecular formula is C18H27BrN2O2. The molecule has 0 heterocycles. The number of amides is 1. The van der Waals surface area contributed by atoms with Crippen LogP contribution in [0.2, 0.25) is 0 Å². The number of carbonyl (C=O) groups is 1. The normalized spacial score (nSPS) is 22.4. The first-order chi connectivity index (χ1) is 11.0.